The lowest BCUT2D eigenvalue weighted by atomic mass is 10.2. The van der Waals surface area contributed by atoms with Crippen molar-refractivity contribution in [2.24, 2.45) is 0 Å². The number of aromatic nitrogens is 2. The first-order valence-electron chi connectivity index (χ1n) is 6.27. The van der Waals surface area contributed by atoms with Gasteiger partial charge in [-0.2, -0.15) is 0 Å². The van der Waals surface area contributed by atoms with Crippen molar-refractivity contribution >= 4 is 21.9 Å². The number of benzene rings is 1. The molecule has 0 saturated heterocycles. The summed E-state index contributed by atoms with van der Waals surface area (Å²) in [5, 5.41) is 3.43. The maximum absolute atomic E-state index is 4.55. The van der Waals surface area contributed by atoms with Gasteiger partial charge in [-0.3, -0.25) is 0 Å². The number of anilines is 1. The largest absolute Gasteiger partial charge is 0.352 e. The van der Waals surface area contributed by atoms with E-state index in [2.05, 4.69) is 55.2 Å². The van der Waals surface area contributed by atoms with E-state index in [-0.39, 0.29) is 0 Å². The maximum Gasteiger partial charge on any atom is 0.203 e. The van der Waals surface area contributed by atoms with Crippen LogP contribution in [-0.2, 0) is 6.54 Å². The van der Waals surface area contributed by atoms with E-state index in [0.717, 1.165) is 22.7 Å². The van der Waals surface area contributed by atoms with Crippen LogP contribution < -0.4 is 5.32 Å². The van der Waals surface area contributed by atoms with Gasteiger partial charge in [-0.05, 0) is 31.4 Å². The Bertz CT molecular complexity index is 558. The van der Waals surface area contributed by atoms with Gasteiger partial charge in [0.25, 0.3) is 0 Å². The number of nitrogens with one attached hydrogen (secondary N) is 1. The van der Waals surface area contributed by atoms with E-state index >= 15 is 0 Å². The van der Waals surface area contributed by atoms with Crippen LogP contribution in [0.3, 0.4) is 0 Å². The molecule has 3 rings (SSSR count). The van der Waals surface area contributed by atoms with Crippen LogP contribution in [0.4, 0.5) is 5.95 Å². The van der Waals surface area contributed by atoms with Gasteiger partial charge >= 0.3 is 0 Å². The summed E-state index contributed by atoms with van der Waals surface area (Å²) in [5.41, 5.74) is 2.33. The van der Waals surface area contributed by atoms with Crippen molar-refractivity contribution in [2.45, 2.75) is 32.4 Å². The maximum atomic E-state index is 4.55. The topological polar surface area (TPSA) is 29.9 Å². The van der Waals surface area contributed by atoms with Crippen LogP contribution in [0.15, 0.2) is 34.9 Å². The van der Waals surface area contributed by atoms with E-state index in [4.69, 9.17) is 0 Å². The Balaban J connectivity index is 1.75. The Morgan fingerprint density at radius 1 is 1.39 bits per heavy atom. The molecule has 0 amide bonds. The molecule has 0 spiro atoms. The van der Waals surface area contributed by atoms with Crippen LogP contribution in [0.2, 0.25) is 0 Å². The van der Waals surface area contributed by atoms with Gasteiger partial charge in [-0.15, -0.1) is 0 Å². The fourth-order valence-electron chi connectivity index (χ4n) is 2.09. The van der Waals surface area contributed by atoms with Gasteiger partial charge in [0.1, 0.15) is 0 Å². The third-order valence-corrected chi connectivity index (χ3v) is 3.96. The fraction of sp³-hybridized carbons (Fsp3) is 0.357. The molecule has 1 aromatic heterocycles. The number of nitrogens with zero attached hydrogens (tertiary/aromatic N) is 2. The normalized spacial score (nSPS) is 14.8. The molecule has 1 N–H and O–H groups in total. The van der Waals surface area contributed by atoms with Crippen LogP contribution in [0.5, 0.6) is 0 Å². The Labute approximate surface area is 115 Å². The monoisotopic (exact) mass is 305 g/mol. The zero-order valence-corrected chi connectivity index (χ0v) is 11.9. The van der Waals surface area contributed by atoms with Crippen LogP contribution in [0, 0.1) is 6.92 Å². The van der Waals surface area contributed by atoms with E-state index in [0.29, 0.717) is 6.04 Å². The number of hydrogen-bond donors (Lipinski definition) is 1. The quantitative estimate of drug-likeness (QED) is 0.928. The van der Waals surface area contributed by atoms with Crippen molar-refractivity contribution in [3.63, 3.8) is 0 Å². The molecule has 0 atom stereocenters. The van der Waals surface area contributed by atoms with Crippen molar-refractivity contribution < 1.29 is 0 Å². The van der Waals surface area contributed by atoms with Crippen molar-refractivity contribution in [1.29, 1.82) is 0 Å². The van der Waals surface area contributed by atoms with Crippen LogP contribution in [0.25, 0.3) is 0 Å². The van der Waals surface area contributed by atoms with Crippen LogP contribution >= 0.6 is 15.9 Å². The van der Waals surface area contributed by atoms with Crippen molar-refractivity contribution in [2.75, 3.05) is 5.32 Å². The third kappa shape index (κ3) is 2.43. The van der Waals surface area contributed by atoms with Crippen LogP contribution in [-0.4, -0.2) is 9.55 Å². The standard InChI is InChI=1S/C14H16BrN3/c1-10-9-18(12-6-7-12)14(17-10)16-8-11-4-2-3-5-13(11)15/h2-5,9,12H,6-8H2,1H3,(H,16,17). The SMILES string of the molecule is Cc1cn(C2CC2)c(NCc2ccccc2Br)n1. The molecular formula is C14H16BrN3. The van der Waals surface area contributed by atoms with Crippen molar-refractivity contribution in [1.82, 2.24) is 9.55 Å². The van der Waals surface area contributed by atoms with Gasteiger partial charge in [0.15, 0.2) is 0 Å². The van der Waals surface area contributed by atoms with Gasteiger partial charge in [-0.1, -0.05) is 34.1 Å². The second-order valence-electron chi connectivity index (χ2n) is 4.79. The van der Waals surface area contributed by atoms with E-state index in [1.54, 1.807) is 0 Å². The first-order chi connectivity index (χ1) is 8.74. The predicted octanol–water partition coefficient (Wildman–Crippen LogP) is 3.90. The highest BCUT2D eigenvalue weighted by Gasteiger charge is 2.26. The number of halogens is 1. The molecule has 94 valence electrons. The Morgan fingerprint density at radius 2 is 2.17 bits per heavy atom. The summed E-state index contributed by atoms with van der Waals surface area (Å²) in [7, 11) is 0. The van der Waals surface area contributed by atoms with Gasteiger partial charge in [0, 0.05) is 23.3 Å². The molecule has 1 fully saturated rings. The summed E-state index contributed by atoms with van der Waals surface area (Å²) in [6.07, 6.45) is 4.69. The van der Waals surface area contributed by atoms with E-state index < -0.39 is 0 Å². The summed E-state index contributed by atoms with van der Waals surface area (Å²) in [6.45, 7) is 2.84. The Morgan fingerprint density at radius 3 is 2.89 bits per heavy atom. The van der Waals surface area contributed by atoms with Gasteiger partial charge < -0.3 is 9.88 Å². The Kier molecular flexibility index (Phi) is 3.12. The zero-order chi connectivity index (χ0) is 12.5. The van der Waals surface area contributed by atoms with E-state index in [9.17, 15) is 0 Å². The van der Waals surface area contributed by atoms with Crippen LogP contribution in [0.1, 0.15) is 30.1 Å². The number of aryl methyl sites for hydroxylation is 1. The minimum absolute atomic E-state index is 0.660. The lowest BCUT2D eigenvalue weighted by Gasteiger charge is -2.09. The predicted molar refractivity (Wildman–Crippen MR) is 76.7 cm³/mol. The second-order valence-corrected chi connectivity index (χ2v) is 5.64. The highest BCUT2D eigenvalue weighted by Crippen LogP contribution is 2.37. The van der Waals surface area contributed by atoms with Gasteiger partial charge in [0.2, 0.25) is 5.95 Å². The summed E-state index contributed by atoms with van der Waals surface area (Å²) in [4.78, 5) is 4.55. The average Bonchev–Trinajstić information content (AvgIpc) is 3.13. The van der Waals surface area contributed by atoms with Gasteiger partial charge in [0.05, 0.1) is 5.69 Å². The highest BCUT2D eigenvalue weighted by molar-refractivity contribution is 9.10. The lowest BCUT2D eigenvalue weighted by molar-refractivity contribution is 0.742. The second kappa shape index (κ2) is 4.76. The molecule has 0 radical (unpaired) electrons. The summed E-state index contributed by atoms with van der Waals surface area (Å²) in [5.74, 6) is 0.991. The molecule has 1 saturated carbocycles. The Hall–Kier alpha value is -1.29. The number of hydrogen-bond acceptors (Lipinski definition) is 2. The van der Waals surface area contributed by atoms with Crippen molar-refractivity contribution in [3.05, 3.63) is 46.2 Å². The van der Waals surface area contributed by atoms with E-state index in [1.165, 1.54) is 18.4 Å². The zero-order valence-electron chi connectivity index (χ0n) is 10.4. The molecule has 0 unspecified atom stereocenters. The third-order valence-electron chi connectivity index (χ3n) is 3.19. The van der Waals surface area contributed by atoms with Crippen molar-refractivity contribution in [3.8, 4) is 0 Å². The smallest absolute Gasteiger partial charge is 0.203 e. The minimum Gasteiger partial charge on any atom is -0.352 e. The lowest BCUT2D eigenvalue weighted by Crippen LogP contribution is -2.06. The first kappa shape index (κ1) is 11.8. The van der Waals surface area contributed by atoms with Gasteiger partial charge in [-0.25, -0.2) is 4.98 Å². The molecule has 1 aliphatic carbocycles. The summed E-state index contributed by atoms with van der Waals surface area (Å²) in [6, 6.07) is 8.93. The average molecular weight is 306 g/mol. The molecule has 1 aromatic carbocycles. The summed E-state index contributed by atoms with van der Waals surface area (Å²) < 4.78 is 3.41. The molecule has 18 heavy (non-hydrogen) atoms. The fourth-order valence-corrected chi connectivity index (χ4v) is 2.52. The first-order valence-corrected chi connectivity index (χ1v) is 7.06. The molecular weight excluding hydrogens is 290 g/mol. The molecule has 0 bridgehead atoms. The summed E-state index contributed by atoms with van der Waals surface area (Å²) >= 11 is 3.57. The highest BCUT2D eigenvalue weighted by atomic mass is 79.9. The molecule has 2 aromatic rings. The number of imidazole rings is 1. The molecule has 1 heterocycles. The molecule has 3 nitrogen and oxygen atoms in total. The molecule has 1 aliphatic rings. The molecule has 0 aliphatic heterocycles. The van der Waals surface area contributed by atoms with E-state index in [1.807, 2.05) is 13.0 Å². The molecule has 4 heteroatoms. The minimum atomic E-state index is 0.660. The number of rotatable bonds is 4.